The SMILES string of the molecule is COC(=O)NC(=O)[C@H](C)N1CCN(S(=O)(=O)c2cccc(F)c2)CC1. The molecule has 0 aromatic heterocycles. The van der Waals surface area contributed by atoms with Crippen molar-refractivity contribution in [1.29, 1.82) is 0 Å². The van der Waals surface area contributed by atoms with E-state index in [1.54, 1.807) is 11.8 Å². The minimum Gasteiger partial charge on any atom is -0.453 e. The van der Waals surface area contributed by atoms with Crippen LogP contribution in [0, 0.1) is 5.82 Å². The van der Waals surface area contributed by atoms with Crippen molar-refractivity contribution in [1.82, 2.24) is 14.5 Å². The monoisotopic (exact) mass is 373 g/mol. The van der Waals surface area contributed by atoms with Crippen LogP contribution in [0.4, 0.5) is 9.18 Å². The topological polar surface area (TPSA) is 96.0 Å². The lowest BCUT2D eigenvalue weighted by molar-refractivity contribution is -0.125. The Balaban J connectivity index is 1.99. The standard InChI is InChI=1S/C15H20FN3O5S/c1-11(14(20)17-15(21)24-2)18-6-8-19(9-7-18)25(22,23)13-5-3-4-12(16)10-13/h3-5,10-11H,6-9H2,1-2H3,(H,17,20,21)/t11-/m0/s1. The van der Waals surface area contributed by atoms with Crippen LogP contribution in [-0.4, -0.2) is 69.0 Å². The Labute approximate surface area is 145 Å². The summed E-state index contributed by atoms with van der Waals surface area (Å²) in [6.45, 7) is 2.56. The van der Waals surface area contributed by atoms with E-state index >= 15 is 0 Å². The molecule has 138 valence electrons. The van der Waals surface area contributed by atoms with E-state index in [0.717, 1.165) is 13.2 Å². The van der Waals surface area contributed by atoms with Crippen molar-refractivity contribution < 1.29 is 27.1 Å². The Morgan fingerprint density at radius 3 is 2.44 bits per heavy atom. The van der Waals surface area contributed by atoms with Gasteiger partial charge in [0.15, 0.2) is 0 Å². The number of carbonyl (C=O) groups is 2. The van der Waals surface area contributed by atoms with Gasteiger partial charge in [0.2, 0.25) is 15.9 Å². The number of amides is 2. The van der Waals surface area contributed by atoms with Gasteiger partial charge in [-0.1, -0.05) is 6.07 Å². The van der Waals surface area contributed by atoms with Crippen molar-refractivity contribution >= 4 is 22.0 Å². The number of carbonyl (C=O) groups excluding carboxylic acids is 2. The van der Waals surface area contributed by atoms with Gasteiger partial charge < -0.3 is 4.74 Å². The van der Waals surface area contributed by atoms with Crippen molar-refractivity contribution in [2.45, 2.75) is 17.9 Å². The van der Waals surface area contributed by atoms with Crippen LogP contribution in [0.1, 0.15) is 6.92 Å². The van der Waals surface area contributed by atoms with Crippen molar-refractivity contribution in [3.05, 3.63) is 30.1 Å². The molecule has 1 aromatic carbocycles. The van der Waals surface area contributed by atoms with Crippen LogP contribution in [-0.2, 0) is 19.6 Å². The van der Waals surface area contributed by atoms with Crippen molar-refractivity contribution in [2.75, 3.05) is 33.3 Å². The van der Waals surface area contributed by atoms with E-state index in [-0.39, 0.29) is 18.0 Å². The smallest absolute Gasteiger partial charge is 0.413 e. The van der Waals surface area contributed by atoms with Crippen LogP contribution in [0.3, 0.4) is 0 Å². The maximum Gasteiger partial charge on any atom is 0.413 e. The van der Waals surface area contributed by atoms with Crippen molar-refractivity contribution in [3.63, 3.8) is 0 Å². The molecule has 1 N–H and O–H groups in total. The summed E-state index contributed by atoms with van der Waals surface area (Å²) in [6.07, 6.45) is -0.843. The van der Waals surface area contributed by atoms with Crippen molar-refractivity contribution in [2.24, 2.45) is 0 Å². The Kier molecular flexibility index (Phi) is 6.09. The van der Waals surface area contributed by atoms with Crippen LogP contribution in [0.15, 0.2) is 29.2 Å². The molecule has 1 atom stereocenters. The number of ether oxygens (including phenoxy) is 1. The molecule has 0 spiro atoms. The number of hydrogen-bond donors (Lipinski definition) is 1. The molecule has 2 rings (SSSR count). The lowest BCUT2D eigenvalue weighted by atomic mass is 10.2. The highest BCUT2D eigenvalue weighted by atomic mass is 32.2. The lowest BCUT2D eigenvalue weighted by Crippen LogP contribution is -2.55. The van der Waals surface area contributed by atoms with Gasteiger partial charge in [-0.15, -0.1) is 0 Å². The first-order chi connectivity index (χ1) is 11.8. The molecule has 1 aromatic rings. The van der Waals surface area contributed by atoms with Gasteiger partial charge in [-0.2, -0.15) is 4.31 Å². The summed E-state index contributed by atoms with van der Waals surface area (Å²) in [5, 5.41) is 2.08. The number of sulfonamides is 1. The van der Waals surface area contributed by atoms with Gasteiger partial charge in [0.1, 0.15) is 5.82 Å². The molecule has 1 fully saturated rings. The second-order valence-corrected chi connectivity index (χ2v) is 7.49. The number of hydrogen-bond acceptors (Lipinski definition) is 6. The highest BCUT2D eigenvalue weighted by Gasteiger charge is 2.32. The van der Waals surface area contributed by atoms with E-state index in [2.05, 4.69) is 10.1 Å². The first-order valence-corrected chi connectivity index (χ1v) is 9.08. The zero-order chi connectivity index (χ0) is 18.6. The van der Waals surface area contributed by atoms with Crippen molar-refractivity contribution in [3.8, 4) is 0 Å². The Morgan fingerprint density at radius 2 is 1.88 bits per heavy atom. The van der Waals surface area contributed by atoms with Crippen LogP contribution in [0.25, 0.3) is 0 Å². The second kappa shape index (κ2) is 7.89. The number of methoxy groups -OCH3 is 1. The largest absolute Gasteiger partial charge is 0.453 e. The summed E-state index contributed by atoms with van der Waals surface area (Å²) in [4.78, 5) is 24.7. The number of benzene rings is 1. The molecule has 1 saturated heterocycles. The van der Waals surface area contributed by atoms with Crippen LogP contribution in [0.5, 0.6) is 0 Å². The van der Waals surface area contributed by atoms with Gasteiger partial charge in [0.05, 0.1) is 18.0 Å². The summed E-state index contributed by atoms with van der Waals surface area (Å²) in [5.41, 5.74) is 0. The quantitative estimate of drug-likeness (QED) is 0.821. The Bertz CT molecular complexity index is 747. The number of rotatable bonds is 4. The number of nitrogens with one attached hydrogen (secondary N) is 1. The average Bonchev–Trinajstić information content (AvgIpc) is 2.61. The molecular weight excluding hydrogens is 353 g/mol. The number of piperazine rings is 1. The maximum absolute atomic E-state index is 13.3. The van der Waals surface area contributed by atoms with Gasteiger partial charge in [0, 0.05) is 26.2 Å². The van der Waals surface area contributed by atoms with Crippen LogP contribution < -0.4 is 5.32 Å². The molecule has 10 heteroatoms. The number of imide groups is 1. The van der Waals surface area contributed by atoms with Gasteiger partial charge in [0.25, 0.3) is 0 Å². The zero-order valence-electron chi connectivity index (χ0n) is 13.9. The molecule has 0 saturated carbocycles. The highest BCUT2D eigenvalue weighted by Crippen LogP contribution is 2.19. The number of alkyl carbamates (subject to hydrolysis) is 1. The third-order valence-corrected chi connectivity index (χ3v) is 5.94. The Morgan fingerprint density at radius 1 is 1.24 bits per heavy atom. The molecule has 8 nitrogen and oxygen atoms in total. The minimum atomic E-state index is -3.78. The summed E-state index contributed by atoms with van der Waals surface area (Å²) in [5.74, 6) is -1.14. The fourth-order valence-electron chi connectivity index (χ4n) is 2.53. The third kappa shape index (κ3) is 4.53. The van der Waals surface area contributed by atoms with E-state index in [0.29, 0.717) is 13.1 Å². The molecule has 0 bridgehead atoms. The fourth-order valence-corrected chi connectivity index (χ4v) is 3.98. The lowest BCUT2D eigenvalue weighted by Gasteiger charge is -2.36. The molecule has 2 amide bonds. The van der Waals surface area contributed by atoms with Crippen LogP contribution >= 0.6 is 0 Å². The molecule has 1 aliphatic heterocycles. The van der Waals surface area contributed by atoms with Crippen LogP contribution in [0.2, 0.25) is 0 Å². The molecule has 0 aliphatic carbocycles. The molecule has 1 heterocycles. The molecular formula is C15H20FN3O5S. The molecule has 0 radical (unpaired) electrons. The molecule has 25 heavy (non-hydrogen) atoms. The highest BCUT2D eigenvalue weighted by molar-refractivity contribution is 7.89. The normalized spacial score (nSPS) is 17.7. The molecule has 1 aliphatic rings. The van der Waals surface area contributed by atoms with E-state index in [9.17, 15) is 22.4 Å². The van der Waals surface area contributed by atoms with E-state index in [4.69, 9.17) is 0 Å². The maximum atomic E-state index is 13.3. The van der Waals surface area contributed by atoms with Gasteiger partial charge in [-0.25, -0.2) is 17.6 Å². The predicted molar refractivity (Wildman–Crippen MR) is 86.7 cm³/mol. The zero-order valence-corrected chi connectivity index (χ0v) is 14.8. The first kappa shape index (κ1) is 19.3. The minimum absolute atomic E-state index is 0.0996. The van der Waals surface area contributed by atoms with E-state index < -0.39 is 33.9 Å². The summed E-state index contributed by atoms with van der Waals surface area (Å²) >= 11 is 0. The summed E-state index contributed by atoms with van der Waals surface area (Å²) in [7, 11) is -2.63. The Hall–Kier alpha value is -2.04. The van der Waals surface area contributed by atoms with Gasteiger partial charge in [-0.3, -0.25) is 15.0 Å². The summed E-state index contributed by atoms with van der Waals surface area (Å²) in [6, 6.07) is 4.24. The average molecular weight is 373 g/mol. The van der Waals surface area contributed by atoms with E-state index in [1.165, 1.54) is 22.5 Å². The summed E-state index contributed by atoms with van der Waals surface area (Å²) < 4.78 is 44.0. The third-order valence-electron chi connectivity index (χ3n) is 4.04. The second-order valence-electron chi connectivity index (χ2n) is 5.55. The fraction of sp³-hybridized carbons (Fsp3) is 0.467. The van der Waals surface area contributed by atoms with Gasteiger partial charge in [-0.05, 0) is 25.1 Å². The molecule has 0 unspecified atom stereocenters. The number of nitrogens with zero attached hydrogens (tertiary/aromatic N) is 2. The first-order valence-electron chi connectivity index (χ1n) is 7.64. The van der Waals surface area contributed by atoms with Gasteiger partial charge >= 0.3 is 6.09 Å². The predicted octanol–water partition coefficient (Wildman–Crippen LogP) is 0.403. The number of halogens is 1. The van der Waals surface area contributed by atoms with E-state index in [1.807, 2.05) is 0 Å².